The van der Waals surface area contributed by atoms with Crippen LogP contribution in [0.2, 0.25) is 5.02 Å². The number of allylic oxidation sites excluding steroid dienone is 1. The average molecular weight is 285 g/mol. The third kappa shape index (κ3) is 4.55. The molecule has 5 heteroatoms. The molecule has 96 valence electrons. The van der Waals surface area contributed by atoms with E-state index in [0.717, 1.165) is 0 Å². The zero-order valence-electron chi connectivity index (χ0n) is 9.85. The van der Waals surface area contributed by atoms with Crippen molar-refractivity contribution in [2.75, 3.05) is 5.75 Å². The zero-order valence-corrected chi connectivity index (χ0v) is 11.4. The highest BCUT2D eigenvalue weighted by Crippen LogP contribution is 2.21. The van der Waals surface area contributed by atoms with Crippen molar-refractivity contribution in [3.8, 4) is 0 Å². The van der Waals surface area contributed by atoms with Gasteiger partial charge in [0.15, 0.2) is 5.12 Å². The molecule has 0 atom stereocenters. The molecule has 0 amide bonds. The summed E-state index contributed by atoms with van der Waals surface area (Å²) in [6.07, 6.45) is 4.26. The van der Waals surface area contributed by atoms with Crippen LogP contribution < -0.4 is 0 Å². The summed E-state index contributed by atoms with van der Waals surface area (Å²) in [6, 6.07) is 4.96. The summed E-state index contributed by atoms with van der Waals surface area (Å²) < 4.78 is 0. The molecule has 0 bridgehead atoms. The van der Waals surface area contributed by atoms with Gasteiger partial charge < -0.3 is 5.11 Å². The number of aromatic carboxylic acids is 1. The first-order valence-electron chi connectivity index (χ1n) is 5.34. The fourth-order valence-corrected chi connectivity index (χ4v) is 2.19. The maximum absolute atomic E-state index is 11.1. The van der Waals surface area contributed by atoms with E-state index < -0.39 is 5.97 Å². The van der Waals surface area contributed by atoms with Crippen molar-refractivity contribution < 1.29 is 14.7 Å². The number of carbonyl (C=O) groups is 2. The molecule has 0 aliphatic heterocycles. The van der Waals surface area contributed by atoms with Gasteiger partial charge in [0.1, 0.15) is 0 Å². The molecule has 0 unspecified atom stereocenters. The lowest BCUT2D eigenvalue weighted by molar-refractivity contribution is -0.109. The minimum absolute atomic E-state index is 0.0809. The fraction of sp³-hybridized carbons (Fsp3) is 0.231. The standard InChI is InChI=1S/C13H13ClO3S/c1-9(15)18-8-3-2-5-10-6-4-7-11(14)12(10)13(16)17/h2,4-7H,3,8H2,1H3,(H,16,17). The minimum atomic E-state index is -1.04. The van der Waals surface area contributed by atoms with Crippen LogP contribution in [0.1, 0.15) is 29.3 Å². The minimum Gasteiger partial charge on any atom is -0.478 e. The molecular weight excluding hydrogens is 272 g/mol. The van der Waals surface area contributed by atoms with Crippen LogP contribution in [0.15, 0.2) is 24.3 Å². The summed E-state index contributed by atoms with van der Waals surface area (Å²) in [5.74, 6) is -0.354. The van der Waals surface area contributed by atoms with Crippen LogP contribution in [0.4, 0.5) is 0 Å². The number of thioether (sulfide) groups is 1. The quantitative estimate of drug-likeness (QED) is 0.837. The normalized spacial score (nSPS) is 10.8. The Morgan fingerprint density at radius 1 is 1.44 bits per heavy atom. The van der Waals surface area contributed by atoms with Crippen LogP contribution in [-0.4, -0.2) is 21.9 Å². The van der Waals surface area contributed by atoms with Crippen LogP contribution in [-0.2, 0) is 4.79 Å². The van der Waals surface area contributed by atoms with E-state index in [1.54, 1.807) is 24.3 Å². The molecule has 0 radical (unpaired) electrons. The molecular formula is C13H13ClO3S. The fourth-order valence-electron chi connectivity index (χ4n) is 1.39. The third-order valence-electron chi connectivity index (χ3n) is 2.15. The Bertz CT molecular complexity index is 483. The number of carboxylic acids is 1. The molecule has 1 aromatic rings. The molecule has 1 N–H and O–H groups in total. The van der Waals surface area contributed by atoms with Gasteiger partial charge in [-0.15, -0.1) is 0 Å². The summed E-state index contributed by atoms with van der Waals surface area (Å²) in [7, 11) is 0. The van der Waals surface area contributed by atoms with Gasteiger partial charge in [0, 0.05) is 12.7 Å². The highest BCUT2D eigenvalue weighted by Gasteiger charge is 2.11. The predicted octanol–water partition coefficient (Wildman–Crippen LogP) is 3.72. The van der Waals surface area contributed by atoms with Crippen LogP contribution in [0.25, 0.3) is 6.08 Å². The number of hydrogen-bond donors (Lipinski definition) is 1. The van der Waals surface area contributed by atoms with E-state index in [4.69, 9.17) is 16.7 Å². The van der Waals surface area contributed by atoms with Crippen molar-refractivity contribution in [3.63, 3.8) is 0 Å². The Hall–Kier alpha value is -1.26. The van der Waals surface area contributed by atoms with Crippen LogP contribution >= 0.6 is 23.4 Å². The smallest absolute Gasteiger partial charge is 0.337 e. The van der Waals surface area contributed by atoms with Crippen LogP contribution in [0.3, 0.4) is 0 Å². The van der Waals surface area contributed by atoms with E-state index in [1.165, 1.54) is 18.7 Å². The first kappa shape index (κ1) is 14.8. The van der Waals surface area contributed by atoms with Crippen molar-refractivity contribution in [2.45, 2.75) is 13.3 Å². The largest absolute Gasteiger partial charge is 0.478 e. The van der Waals surface area contributed by atoms with Crippen molar-refractivity contribution >= 4 is 40.5 Å². The van der Waals surface area contributed by atoms with Crippen LogP contribution in [0, 0.1) is 0 Å². The number of benzene rings is 1. The second-order valence-corrected chi connectivity index (χ2v) is 5.22. The molecule has 3 nitrogen and oxygen atoms in total. The van der Waals surface area contributed by atoms with Gasteiger partial charge in [0.2, 0.25) is 0 Å². The molecule has 1 aromatic carbocycles. The van der Waals surface area contributed by atoms with Crippen molar-refractivity contribution in [3.05, 3.63) is 40.4 Å². The predicted molar refractivity (Wildman–Crippen MR) is 75.2 cm³/mol. The zero-order chi connectivity index (χ0) is 13.5. The molecule has 0 fully saturated rings. The topological polar surface area (TPSA) is 54.4 Å². The monoisotopic (exact) mass is 284 g/mol. The number of rotatable bonds is 5. The maximum Gasteiger partial charge on any atom is 0.337 e. The first-order chi connectivity index (χ1) is 8.52. The second kappa shape index (κ2) is 7.24. The summed E-state index contributed by atoms with van der Waals surface area (Å²) in [6.45, 7) is 1.52. The number of hydrogen-bond acceptors (Lipinski definition) is 3. The van der Waals surface area contributed by atoms with Crippen molar-refractivity contribution in [1.82, 2.24) is 0 Å². The second-order valence-electron chi connectivity index (χ2n) is 3.54. The Morgan fingerprint density at radius 3 is 2.78 bits per heavy atom. The van der Waals surface area contributed by atoms with Gasteiger partial charge >= 0.3 is 5.97 Å². The van der Waals surface area contributed by atoms with Gasteiger partial charge in [-0.2, -0.15) is 0 Å². The van der Waals surface area contributed by atoms with Gasteiger partial charge in [-0.05, 0) is 18.1 Å². The van der Waals surface area contributed by atoms with E-state index in [1.807, 2.05) is 6.08 Å². The Morgan fingerprint density at radius 2 is 2.17 bits per heavy atom. The molecule has 0 aromatic heterocycles. The van der Waals surface area contributed by atoms with Gasteiger partial charge in [0.25, 0.3) is 0 Å². The van der Waals surface area contributed by atoms with E-state index in [0.29, 0.717) is 17.7 Å². The van der Waals surface area contributed by atoms with Gasteiger partial charge in [-0.3, -0.25) is 4.79 Å². The Balaban J connectivity index is 2.72. The van der Waals surface area contributed by atoms with Crippen molar-refractivity contribution in [1.29, 1.82) is 0 Å². The molecule has 18 heavy (non-hydrogen) atoms. The lowest BCUT2D eigenvalue weighted by Crippen LogP contribution is -2.00. The van der Waals surface area contributed by atoms with E-state index in [-0.39, 0.29) is 15.7 Å². The molecule has 0 spiro atoms. The summed E-state index contributed by atoms with van der Waals surface area (Å²) in [5.41, 5.74) is 0.678. The highest BCUT2D eigenvalue weighted by molar-refractivity contribution is 8.13. The molecule has 0 saturated heterocycles. The molecule has 0 aliphatic rings. The lowest BCUT2D eigenvalue weighted by Gasteiger charge is -2.03. The average Bonchev–Trinajstić information content (AvgIpc) is 2.27. The molecule has 0 saturated carbocycles. The SMILES string of the molecule is CC(=O)SCCC=Cc1cccc(Cl)c1C(=O)O. The van der Waals surface area contributed by atoms with Gasteiger partial charge in [0.05, 0.1) is 10.6 Å². The van der Waals surface area contributed by atoms with Gasteiger partial charge in [-0.1, -0.05) is 47.6 Å². The highest BCUT2D eigenvalue weighted by atomic mass is 35.5. The summed E-state index contributed by atoms with van der Waals surface area (Å²) in [5, 5.41) is 9.36. The summed E-state index contributed by atoms with van der Waals surface area (Å²) in [4.78, 5) is 21.8. The molecule has 0 heterocycles. The van der Waals surface area contributed by atoms with Crippen LogP contribution in [0.5, 0.6) is 0 Å². The number of halogens is 1. The van der Waals surface area contributed by atoms with Crippen molar-refractivity contribution in [2.24, 2.45) is 0 Å². The Kier molecular flexibility index (Phi) is 5.95. The van der Waals surface area contributed by atoms with E-state index in [9.17, 15) is 9.59 Å². The number of carboxylic acid groups (broad SMARTS) is 1. The Labute approximate surface area is 115 Å². The van der Waals surface area contributed by atoms with Gasteiger partial charge in [-0.25, -0.2) is 4.79 Å². The first-order valence-corrected chi connectivity index (χ1v) is 6.70. The molecule has 1 rings (SSSR count). The van der Waals surface area contributed by atoms with E-state index in [2.05, 4.69) is 0 Å². The maximum atomic E-state index is 11.1. The number of carbonyl (C=O) groups excluding carboxylic acids is 1. The third-order valence-corrected chi connectivity index (χ3v) is 3.31. The lowest BCUT2D eigenvalue weighted by atomic mass is 10.1. The van der Waals surface area contributed by atoms with E-state index >= 15 is 0 Å². The summed E-state index contributed by atoms with van der Waals surface area (Å²) >= 11 is 7.09. The molecule has 0 aliphatic carbocycles.